The molecule has 0 saturated carbocycles. The van der Waals surface area contributed by atoms with Gasteiger partial charge in [-0.1, -0.05) is 18.7 Å². The van der Waals surface area contributed by atoms with Crippen molar-refractivity contribution in [1.82, 2.24) is 0 Å². The fourth-order valence-electron chi connectivity index (χ4n) is 1.02. The first-order chi connectivity index (χ1) is 6.65. The molecule has 0 amide bonds. The molecule has 0 aliphatic heterocycles. The second-order valence-corrected chi connectivity index (χ2v) is 2.84. The Morgan fingerprint density at radius 3 is 3.00 bits per heavy atom. The smallest absolute Gasteiger partial charge is 0.330 e. The number of benzene rings is 1. The Morgan fingerprint density at radius 2 is 2.36 bits per heavy atom. The van der Waals surface area contributed by atoms with Gasteiger partial charge in [-0.3, -0.25) is 0 Å². The molecule has 0 heterocycles. The van der Waals surface area contributed by atoms with Crippen molar-refractivity contribution in [1.29, 1.82) is 0 Å². The summed E-state index contributed by atoms with van der Waals surface area (Å²) in [6, 6.07) is 4.67. The maximum absolute atomic E-state index is 13.0. The van der Waals surface area contributed by atoms with Crippen molar-refractivity contribution >= 4 is 5.97 Å². The summed E-state index contributed by atoms with van der Waals surface area (Å²) in [4.78, 5) is 10.7. The highest BCUT2D eigenvalue weighted by atomic mass is 19.1. The number of carbonyl (C=O) groups excluding carboxylic acids is 1. The number of rotatable bonds is 3. The summed E-state index contributed by atoms with van der Waals surface area (Å²) in [5.41, 5.74) is 1.17. The molecule has 0 atom stereocenters. The van der Waals surface area contributed by atoms with Crippen molar-refractivity contribution in [2.45, 2.75) is 13.5 Å². The lowest BCUT2D eigenvalue weighted by Crippen LogP contribution is -2.02. The predicted octanol–water partition coefficient (Wildman–Crippen LogP) is 2.36. The predicted molar refractivity (Wildman–Crippen MR) is 51.1 cm³/mol. The number of halogens is 1. The van der Waals surface area contributed by atoms with Crippen LogP contribution in [-0.4, -0.2) is 5.97 Å². The second kappa shape index (κ2) is 4.56. The minimum Gasteiger partial charge on any atom is -0.458 e. The van der Waals surface area contributed by atoms with Crippen LogP contribution in [-0.2, 0) is 16.1 Å². The summed E-state index contributed by atoms with van der Waals surface area (Å²) in [7, 11) is 0. The van der Waals surface area contributed by atoms with Crippen LogP contribution < -0.4 is 0 Å². The fourth-order valence-corrected chi connectivity index (χ4v) is 1.02. The van der Waals surface area contributed by atoms with Crippen molar-refractivity contribution in [3.8, 4) is 0 Å². The molecule has 14 heavy (non-hydrogen) atoms. The van der Waals surface area contributed by atoms with E-state index in [-0.39, 0.29) is 12.4 Å². The van der Waals surface area contributed by atoms with E-state index in [1.54, 1.807) is 19.1 Å². The quantitative estimate of drug-likeness (QED) is 0.545. The molecule has 1 aromatic rings. The van der Waals surface area contributed by atoms with Crippen LogP contribution in [0.4, 0.5) is 4.39 Å². The van der Waals surface area contributed by atoms with E-state index < -0.39 is 5.97 Å². The van der Waals surface area contributed by atoms with E-state index in [4.69, 9.17) is 4.74 Å². The van der Waals surface area contributed by atoms with Crippen molar-refractivity contribution in [2.75, 3.05) is 0 Å². The maximum atomic E-state index is 13.0. The highest BCUT2D eigenvalue weighted by Crippen LogP contribution is 2.12. The summed E-state index contributed by atoms with van der Waals surface area (Å²) < 4.78 is 17.8. The Bertz CT molecular complexity index is 358. The molecule has 2 nitrogen and oxygen atoms in total. The third-order valence-corrected chi connectivity index (χ3v) is 1.92. The molecule has 0 N–H and O–H groups in total. The summed E-state index contributed by atoms with van der Waals surface area (Å²) in [6.45, 7) is 4.99. The van der Waals surface area contributed by atoms with Gasteiger partial charge in [-0.2, -0.15) is 0 Å². The molecular weight excluding hydrogens is 183 g/mol. The third kappa shape index (κ3) is 2.42. The lowest BCUT2D eigenvalue weighted by molar-refractivity contribution is -0.138. The van der Waals surface area contributed by atoms with Gasteiger partial charge in [-0.05, 0) is 24.1 Å². The summed E-state index contributed by atoms with van der Waals surface area (Å²) in [5, 5.41) is 0. The van der Waals surface area contributed by atoms with E-state index in [9.17, 15) is 9.18 Å². The van der Waals surface area contributed by atoms with Gasteiger partial charge in [0.15, 0.2) is 0 Å². The highest BCUT2D eigenvalue weighted by molar-refractivity contribution is 5.81. The third-order valence-electron chi connectivity index (χ3n) is 1.92. The van der Waals surface area contributed by atoms with E-state index in [2.05, 4.69) is 6.58 Å². The minimum atomic E-state index is -0.506. The van der Waals surface area contributed by atoms with Gasteiger partial charge in [-0.15, -0.1) is 0 Å². The number of carbonyl (C=O) groups is 1. The zero-order valence-corrected chi connectivity index (χ0v) is 7.92. The first-order valence-electron chi connectivity index (χ1n) is 4.18. The lowest BCUT2D eigenvalue weighted by Gasteiger charge is -2.06. The van der Waals surface area contributed by atoms with Crippen LogP contribution in [0.1, 0.15) is 11.1 Å². The van der Waals surface area contributed by atoms with Crippen LogP contribution in [0.2, 0.25) is 0 Å². The molecule has 1 aromatic carbocycles. The molecular formula is C11H11FO2. The molecule has 74 valence electrons. The first kappa shape index (κ1) is 10.4. The number of esters is 1. The van der Waals surface area contributed by atoms with Gasteiger partial charge in [0, 0.05) is 6.08 Å². The van der Waals surface area contributed by atoms with Gasteiger partial charge in [0.2, 0.25) is 0 Å². The molecule has 0 aliphatic carbocycles. The van der Waals surface area contributed by atoms with Crippen molar-refractivity contribution in [3.05, 3.63) is 47.8 Å². The number of hydrogen-bond acceptors (Lipinski definition) is 2. The number of ether oxygens (including phenoxy) is 1. The Morgan fingerprint density at radius 1 is 1.64 bits per heavy atom. The van der Waals surface area contributed by atoms with E-state index in [0.717, 1.165) is 6.08 Å². The molecule has 0 spiro atoms. The van der Waals surface area contributed by atoms with Crippen LogP contribution in [0.25, 0.3) is 0 Å². The normalized spacial score (nSPS) is 9.57. The number of hydrogen-bond donors (Lipinski definition) is 0. The Kier molecular flexibility index (Phi) is 3.40. The van der Waals surface area contributed by atoms with Crippen LogP contribution in [0.15, 0.2) is 30.9 Å². The van der Waals surface area contributed by atoms with Gasteiger partial charge in [0.25, 0.3) is 0 Å². The SMILES string of the molecule is C=CC(=O)OCc1cccc(F)c1C. The van der Waals surface area contributed by atoms with Crippen LogP contribution in [0.3, 0.4) is 0 Å². The monoisotopic (exact) mass is 194 g/mol. The Hall–Kier alpha value is -1.64. The Balaban J connectivity index is 2.72. The highest BCUT2D eigenvalue weighted by Gasteiger charge is 2.04. The molecule has 0 saturated heterocycles. The van der Waals surface area contributed by atoms with E-state index >= 15 is 0 Å². The molecule has 0 unspecified atom stereocenters. The maximum Gasteiger partial charge on any atom is 0.330 e. The average Bonchev–Trinajstić information content (AvgIpc) is 2.20. The van der Waals surface area contributed by atoms with E-state index in [1.807, 2.05) is 0 Å². The molecule has 0 aliphatic rings. The largest absolute Gasteiger partial charge is 0.458 e. The summed E-state index contributed by atoms with van der Waals surface area (Å²) in [5.74, 6) is -0.800. The summed E-state index contributed by atoms with van der Waals surface area (Å²) in [6.07, 6.45) is 1.08. The second-order valence-electron chi connectivity index (χ2n) is 2.84. The van der Waals surface area contributed by atoms with Crippen molar-refractivity contribution in [2.24, 2.45) is 0 Å². The molecule has 3 heteroatoms. The van der Waals surface area contributed by atoms with Gasteiger partial charge < -0.3 is 4.74 Å². The minimum absolute atomic E-state index is 0.0778. The zero-order valence-electron chi connectivity index (χ0n) is 7.92. The molecule has 0 radical (unpaired) electrons. The molecule has 0 aromatic heterocycles. The van der Waals surface area contributed by atoms with E-state index in [0.29, 0.717) is 11.1 Å². The standard InChI is InChI=1S/C11H11FO2/c1-3-11(13)14-7-9-5-4-6-10(12)8(9)2/h3-6H,1,7H2,2H3. The lowest BCUT2D eigenvalue weighted by atomic mass is 10.1. The van der Waals surface area contributed by atoms with Crippen molar-refractivity contribution < 1.29 is 13.9 Å². The molecule has 0 bridgehead atoms. The first-order valence-corrected chi connectivity index (χ1v) is 4.18. The topological polar surface area (TPSA) is 26.3 Å². The van der Waals surface area contributed by atoms with Crippen LogP contribution in [0, 0.1) is 12.7 Å². The van der Waals surface area contributed by atoms with Crippen LogP contribution >= 0.6 is 0 Å². The van der Waals surface area contributed by atoms with Gasteiger partial charge in [0.05, 0.1) is 0 Å². The van der Waals surface area contributed by atoms with Crippen molar-refractivity contribution in [3.63, 3.8) is 0 Å². The molecule has 0 fully saturated rings. The van der Waals surface area contributed by atoms with Gasteiger partial charge in [0.1, 0.15) is 12.4 Å². The Labute approximate surface area is 82.0 Å². The van der Waals surface area contributed by atoms with Gasteiger partial charge >= 0.3 is 5.97 Å². The van der Waals surface area contributed by atoms with E-state index in [1.165, 1.54) is 6.07 Å². The average molecular weight is 194 g/mol. The van der Waals surface area contributed by atoms with Gasteiger partial charge in [-0.25, -0.2) is 9.18 Å². The zero-order chi connectivity index (χ0) is 10.6. The molecule has 1 rings (SSSR count). The fraction of sp³-hybridized carbons (Fsp3) is 0.182. The summed E-state index contributed by atoms with van der Waals surface area (Å²) >= 11 is 0. The van der Waals surface area contributed by atoms with Crippen LogP contribution in [0.5, 0.6) is 0 Å².